The van der Waals surface area contributed by atoms with Crippen molar-refractivity contribution in [2.75, 3.05) is 5.73 Å². The summed E-state index contributed by atoms with van der Waals surface area (Å²) in [4.78, 5) is 23.5. The number of esters is 1. The first kappa shape index (κ1) is 14.2. The zero-order valence-electron chi connectivity index (χ0n) is 11.4. The number of hydrogen-bond donors (Lipinski definition) is 2. The second kappa shape index (κ2) is 5.83. The maximum atomic E-state index is 11.5. The highest BCUT2D eigenvalue weighted by atomic mass is 16.6. The second-order valence-electron chi connectivity index (χ2n) is 4.66. The molecule has 0 saturated carbocycles. The van der Waals surface area contributed by atoms with E-state index in [1.165, 1.54) is 6.33 Å². The van der Waals surface area contributed by atoms with E-state index in [1.54, 1.807) is 24.7 Å². The maximum absolute atomic E-state index is 11.5. The van der Waals surface area contributed by atoms with Gasteiger partial charge in [0, 0.05) is 13.0 Å². The van der Waals surface area contributed by atoms with Gasteiger partial charge in [0.1, 0.15) is 11.8 Å². The number of hydrogen-bond acceptors (Lipinski definition) is 7. The Bertz CT molecular complexity index is 610. The maximum Gasteiger partial charge on any atom is 0.335 e. The van der Waals surface area contributed by atoms with Crippen molar-refractivity contribution in [2.24, 2.45) is 0 Å². The number of imidazole rings is 1. The fourth-order valence-electron chi connectivity index (χ4n) is 1.75. The molecule has 0 radical (unpaired) electrons. The molecule has 108 valence electrons. The van der Waals surface area contributed by atoms with Crippen LogP contribution in [0.2, 0.25) is 0 Å². The molecular formula is C12H17N5O3. The minimum atomic E-state index is -1.17. The molecule has 1 unspecified atom stereocenters. The summed E-state index contributed by atoms with van der Waals surface area (Å²) in [7, 11) is 0. The monoisotopic (exact) mass is 279 g/mol. The molecule has 2 aromatic rings. The Hall–Kier alpha value is -2.22. The standard InChI is InChI=1S/C12H17N5O3/c1-7(2)20-12(19)8(18)3-4-17-6-16-9-10(13)14-5-15-11(9)17/h5-8,18H,3-4H2,1-2H3,(H2,13,14,15). The van der Waals surface area contributed by atoms with Crippen LogP contribution in [0.25, 0.3) is 11.2 Å². The van der Waals surface area contributed by atoms with E-state index in [9.17, 15) is 9.90 Å². The molecule has 0 aliphatic carbocycles. The van der Waals surface area contributed by atoms with Crippen molar-refractivity contribution in [1.82, 2.24) is 19.5 Å². The van der Waals surface area contributed by atoms with Crippen LogP contribution in [0, 0.1) is 0 Å². The summed E-state index contributed by atoms with van der Waals surface area (Å²) in [5, 5.41) is 9.73. The van der Waals surface area contributed by atoms with Crippen LogP contribution in [-0.4, -0.2) is 42.8 Å². The molecule has 0 fully saturated rings. The van der Waals surface area contributed by atoms with Gasteiger partial charge in [0.25, 0.3) is 0 Å². The second-order valence-corrected chi connectivity index (χ2v) is 4.66. The zero-order valence-corrected chi connectivity index (χ0v) is 11.4. The Morgan fingerprint density at radius 3 is 2.90 bits per heavy atom. The number of nitrogens with zero attached hydrogens (tertiary/aromatic N) is 4. The number of nitrogen functional groups attached to an aromatic ring is 1. The lowest BCUT2D eigenvalue weighted by Crippen LogP contribution is -2.26. The third kappa shape index (κ3) is 3.02. The van der Waals surface area contributed by atoms with Gasteiger partial charge in [-0.05, 0) is 13.8 Å². The van der Waals surface area contributed by atoms with Crippen molar-refractivity contribution in [3.8, 4) is 0 Å². The summed E-state index contributed by atoms with van der Waals surface area (Å²) in [5.41, 5.74) is 6.76. The van der Waals surface area contributed by atoms with Gasteiger partial charge < -0.3 is 20.1 Å². The summed E-state index contributed by atoms with van der Waals surface area (Å²) in [6.07, 6.45) is 1.68. The van der Waals surface area contributed by atoms with Gasteiger partial charge in [0.15, 0.2) is 17.6 Å². The zero-order chi connectivity index (χ0) is 14.7. The third-order valence-electron chi connectivity index (χ3n) is 2.70. The van der Waals surface area contributed by atoms with Crippen molar-refractivity contribution in [1.29, 1.82) is 0 Å². The SMILES string of the molecule is CC(C)OC(=O)C(O)CCn1cnc2c(N)ncnc21. The van der Waals surface area contributed by atoms with E-state index in [0.717, 1.165) is 0 Å². The summed E-state index contributed by atoms with van der Waals surface area (Å²) < 4.78 is 6.64. The van der Waals surface area contributed by atoms with E-state index in [0.29, 0.717) is 23.5 Å². The molecule has 8 heteroatoms. The third-order valence-corrected chi connectivity index (χ3v) is 2.70. The fourth-order valence-corrected chi connectivity index (χ4v) is 1.75. The molecule has 0 aromatic carbocycles. The van der Waals surface area contributed by atoms with Gasteiger partial charge in [-0.2, -0.15) is 0 Å². The first-order chi connectivity index (χ1) is 9.49. The molecule has 0 aliphatic rings. The van der Waals surface area contributed by atoms with Crippen LogP contribution >= 0.6 is 0 Å². The molecule has 2 aromatic heterocycles. The molecule has 20 heavy (non-hydrogen) atoms. The van der Waals surface area contributed by atoms with Gasteiger partial charge in [-0.25, -0.2) is 19.7 Å². The highest BCUT2D eigenvalue weighted by Crippen LogP contribution is 2.14. The Labute approximate surface area is 115 Å². The topological polar surface area (TPSA) is 116 Å². The number of aliphatic hydroxyl groups excluding tert-OH is 1. The molecule has 8 nitrogen and oxygen atoms in total. The average molecular weight is 279 g/mol. The predicted octanol–water partition coefficient (Wildman–Crippen LogP) is 0.111. The van der Waals surface area contributed by atoms with Crippen molar-refractivity contribution in [3.05, 3.63) is 12.7 Å². The Kier molecular flexibility index (Phi) is 4.14. The first-order valence-electron chi connectivity index (χ1n) is 6.29. The smallest absolute Gasteiger partial charge is 0.335 e. The van der Waals surface area contributed by atoms with Crippen LogP contribution in [0.5, 0.6) is 0 Å². The normalized spacial score (nSPS) is 12.8. The minimum absolute atomic E-state index is 0.209. The molecule has 1 atom stereocenters. The summed E-state index contributed by atoms with van der Waals surface area (Å²) in [6.45, 7) is 3.84. The van der Waals surface area contributed by atoms with Crippen LogP contribution in [0.1, 0.15) is 20.3 Å². The highest BCUT2D eigenvalue weighted by Gasteiger charge is 2.18. The molecule has 0 amide bonds. The van der Waals surface area contributed by atoms with Crippen LogP contribution in [0.15, 0.2) is 12.7 Å². The van der Waals surface area contributed by atoms with E-state index < -0.39 is 12.1 Å². The van der Waals surface area contributed by atoms with E-state index >= 15 is 0 Å². The molecule has 3 N–H and O–H groups in total. The molecule has 0 spiro atoms. The molecule has 0 saturated heterocycles. The number of carbonyl (C=O) groups excluding carboxylic acids is 1. The molecule has 0 bridgehead atoms. The minimum Gasteiger partial charge on any atom is -0.461 e. The number of carbonyl (C=O) groups is 1. The largest absolute Gasteiger partial charge is 0.461 e. The average Bonchev–Trinajstić information content (AvgIpc) is 2.79. The molecule has 2 rings (SSSR count). The first-order valence-corrected chi connectivity index (χ1v) is 6.29. The van der Waals surface area contributed by atoms with Crippen molar-refractivity contribution >= 4 is 23.0 Å². The Balaban J connectivity index is 2.03. The van der Waals surface area contributed by atoms with Crippen molar-refractivity contribution in [2.45, 2.75) is 39.0 Å². The van der Waals surface area contributed by atoms with Crippen LogP contribution in [-0.2, 0) is 16.1 Å². The van der Waals surface area contributed by atoms with Gasteiger partial charge >= 0.3 is 5.97 Å². The van der Waals surface area contributed by atoms with Gasteiger partial charge in [-0.1, -0.05) is 0 Å². The van der Waals surface area contributed by atoms with Crippen LogP contribution < -0.4 is 5.73 Å². The summed E-state index contributed by atoms with van der Waals surface area (Å²) in [6, 6.07) is 0. The molecule has 0 aliphatic heterocycles. The number of fused-ring (bicyclic) bond motifs is 1. The fraction of sp³-hybridized carbons (Fsp3) is 0.500. The summed E-state index contributed by atoms with van der Waals surface area (Å²) in [5.74, 6) is -0.327. The highest BCUT2D eigenvalue weighted by molar-refractivity contribution is 5.81. The number of aryl methyl sites for hydroxylation is 1. The van der Waals surface area contributed by atoms with Gasteiger partial charge in [0.2, 0.25) is 0 Å². The van der Waals surface area contributed by atoms with E-state index in [4.69, 9.17) is 10.5 Å². The number of anilines is 1. The quantitative estimate of drug-likeness (QED) is 0.746. The lowest BCUT2D eigenvalue weighted by atomic mass is 10.2. The Morgan fingerprint density at radius 2 is 2.20 bits per heavy atom. The lowest BCUT2D eigenvalue weighted by molar-refractivity contribution is -0.157. The predicted molar refractivity (Wildman–Crippen MR) is 71.6 cm³/mol. The Morgan fingerprint density at radius 1 is 1.45 bits per heavy atom. The van der Waals surface area contributed by atoms with E-state index in [1.807, 2.05) is 0 Å². The summed E-state index contributed by atoms with van der Waals surface area (Å²) >= 11 is 0. The number of nitrogens with two attached hydrogens (primary N) is 1. The number of ether oxygens (including phenoxy) is 1. The van der Waals surface area contributed by atoms with Crippen molar-refractivity contribution < 1.29 is 14.6 Å². The number of aliphatic hydroxyl groups is 1. The van der Waals surface area contributed by atoms with Gasteiger partial charge in [-0.15, -0.1) is 0 Å². The van der Waals surface area contributed by atoms with E-state index in [2.05, 4.69) is 15.0 Å². The van der Waals surface area contributed by atoms with Crippen LogP contribution in [0.4, 0.5) is 5.82 Å². The molecular weight excluding hydrogens is 262 g/mol. The molecule has 2 heterocycles. The number of aromatic nitrogens is 4. The lowest BCUT2D eigenvalue weighted by Gasteiger charge is -2.13. The van der Waals surface area contributed by atoms with E-state index in [-0.39, 0.29) is 12.5 Å². The van der Waals surface area contributed by atoms with Gasteiger partial charge in [-0.3, -0.25) is 0 Å². The van der Waals surface area contributed by atoms with Crippen molar-refractivity contribution in [3.63, 3.8) is 0 Å². The number of rotatable bonds is 5. The van der Waals surface area contributed by atoms with Gasteiger partial charge in [0.05, 0.1) is 12.4 Å². The van der Waals surface area contributed by atoms with Crippen LogP contribution in [0.3, 0.4) is 0 Å².